The summed E-state index contributed by atoms with van der Waals surface area (Å²) in [6.07, 6.45) is 3.42. The van der Waals surface area contributed by atoms with E-state index in [0.29, 0.717) is 12.3 Å². The van der Waals surface area contributed by atoms with Crippen molar-refractivity contribution in [1.82, 2.24) is 20.3 Å². The standard InChI is InChI=1S/C15H14N4OS/c20-15(10-21-11-4-2-1-3-5-11)17-9-14-18-12-6-7-16-8-13(12)19-14/h1-8H,9-10H2,(H,17,20)(H,18,19). The number of fused-ring (bicyclic) bond motifs is 1. The van der Waals surface area contributed by atoms with Gasteiger partial charge in [-0.05, 0) is 18.2 Å². The van der Waals surface area contributed by atoms with Crippen LogP contribution >= 0.6 is 11.8 Å². The molecule has 0 fully saturated rings. The molecule has 0 spiro atoms. The van der Waals surface area contributed by atoms with Crippen LogP contribution in [0.4, 0.5) is 0 Å². The Bertz CT molecular complexity index is 709. The average molecular weight is 298 g/mol. The van der Waals surface area contributed by atoms with E-state index >= 15 is 0 Å². The second kappa shape index (κ2) is 6.41. The lowest BCUT2D eigenvalue weighted by molar-refractivity contribution is -0.118. The molecule has 2 aromatic heterocycles. The molecule has 0 aliphatic heterocycles. The van der Waals surface area contributed by atoms with Crippen molar-refractivity contribution >= 4 is 28.7 Å². The molecule has 5 nitrogen and oxygen atoms in total. The first-order valence-corrected chi connectivity index (χ1v) is 7.53. The number of hydrogen-bond donors (Lipinski definition) is 2. The summed E-state index contributed by atoms with van der Waals surface area (Å²) < 4.78 is 0. The maximum absolute atomic E-state index is 11.8. The van der Waals surface area contributed by atoms with E-state index in [1.165, 1.54) is 11.8 Å². The predicted molar refractivity (Wildman–Crippen MR) is 82.9 cm³/mol. The number of aromatic nitrogens is 3. The largest absolute Gasteiger partial charge is 0.348 e. The van der Waals surface area contributed by atoms with Crippen LogP contribution in [0.25, 0.3) is 11.0 Å². The van der Waals surface area contributed by atoms with Gasteiger partial charge in [0.25, 0.3) is 0 Å². The highest BCUT2D eigenvalue weighted by molar-refractivity contribution is 8.00. The van der Waals surface area contributed by atoms with Crippen LogP contribution in [0.1, 0.15) is 5.82 Å². The zero-order valence-electron chi connectivity index (χ0n) is 11.2. The highest BCUT2D eigenvalue weighted by Crippen LogP contribution is 2.16. The number of amides is 1. The number of H-pyrrole nitrogens is 1. The minimum Gasteiger partial charge on any atom is -0.348 e. The molecule has 6 heteroatoms. The summed E-state index contributed by atoms with van der Waals surface area (Å²) in [4.78, 5) is 24.4. The van der Waals surface area contributed by atoms with Crippen molar-refractivity contribution < 1.29 is 4.79 Å². The molecule has 21 heavy (non-hydrogen) atoms. The third-order valence-electron chi connectivity index (χ3n) is 2.90. The number of aromatic amines is 1. The van der Waals surface area contributed by atoms with E-state index in [1.807, 2.05) is 36.4 Å². The minimum atomic E-state index is -0.0116. The Morgan fingerprint density at radius 1 is 1.24 bits per heavy atom. The van der Waals surface area contributed by atoms with Crippen LogP contribution in [-0.4, -0.2) is 26.6 Å². The summed E-state index contributed by atoms with van der Waals surface area (Å²) in [6, 6.07) is 11.7. The summed E-state index contributed by atoms with van der Waals surface area (Å²) in [7, 11) is 0. The molecular weight excluding hydrogens is 284 g/mol. The van der Waals surface area contributed by atoms with E-state index in [4.69, 9.17) is 0 Å². The lowest BCUT2D eigenvalue weighted by Crippen LogP contribution is -2.25. The number of benzene rings is 1. The van der Waals surface area contributed by atoms with E-state index in [0.717, 1.165) is 21.8 Å². The number of carbonyl (C=O) groups excluding carboxylic acids is 1. The highest BCUT2D eigenvalue weighted by Gasteiger charge is 2.05. The number of hydrogen-bond acceptors (Lipinski definition) is 4. The Balaban J connectivity index is 1.51. The Hall–Kier alpha value is -2.34. The smallest absolute Gasteiger partial charge is 0.230 e. The van der Waals surface area contributed by atoms with Gasteiger partial charge in [-0.15, -0.1) is 11.8 Å². The SMILES string of the molecule is O=C(CSc1ccccc1)NCc1nc2ccncc2[nH]1. The molecule has 106 valence electrons. The fraction of sp³-hybridized carbons (Fsp3) is 0.133. The second-order valence-electron chi connectivity index (χ2n) is 4.45. The van der Waals surface area contributed by atoms with Crippen LogP contribution in [0.2, 0.25) is 0 Å². The van der Waals surface area contributed by atoms with Gasteiger partial charge in [-0.1, -0.05) is 18.2 Å². The number of nitrogens with zero attached hydrogens (tertiary/aromatic N) is 2. The fourth-order valence-corrected chi connectivity index (χ4v) is 2.64. The Morgan fingerprint density at radius 2 is 2.10 bits per heavy atom. The van der Waals surface area contributed by atoms with Crippen molar-refractivity contribution in [2.45, 2.75) is 11.4 Å². The van der Waals surface area contributed by atoms with Crippen LogP contribution < -0.4 is 5.32 Å². The molecule has 2 heterocycles. The molecule has 0 atom stereocenters. The molecule has 1 amide bonds. The van der Waals surface area contributed by atoms with Gasteiger partial charge in [-0.2, -0.15) is 0 Å². The minimum absolute atomic E-state index is 0.0116. The predicted octanol–water partition coefficient (Wildman–Crippen LogP) is 2.37. The van der Waals surface area contributed by atoms with Gasteiger partial charge in [0.2, 0.25) is 5.91 Å². The molecule has 1 aromatic carbocycles. The summed E-state index contributed by atoms with van der Waals surface area (Å²) in [5, 5.41) is 2.86. The van der Waals surface area contributed by atoms with Gasteiger partial charge < -0.3 is 10.3 Å². The molecular formula is C15H14N4OS. The van der Waals surface area contributed by atoms with Crippen molar-refractivity contribution in [2.75, 3.05) is 5.75 Å². The van der Waals surface area contributed by atoms with E-state index in [9.17, 15) is 4.79 Å². The Kier molecular flexibility index (Phi) is 4.16. The van der Waals surface area contributed by atoms with Crippen molar-refractivity contribution in [3.8, 4) is 0 Å². The number of thioether (sulfide) groups is 1. The molecule has 2 N–H and O–H groups in total. The third kappa shape index (κ3) is 3.61. The zero-order valence-corrected chi connectivity index (χ0v) is 12.1. The first kappa shape index (κ1) is 13.6. The average Bonchev–Trinajstić information content (AvgIpc) is 2.95. The number of nitrogens with one attached hydrogen (secondary N) is 2. The number of rotatable bonds is 5. The van der Waals surface area contributed by atoms with Crippen molar-refractivity contribution in [3.05, 3.63) is 54.6 Å². The molecule has 0 aliphatic rings. The summed E-state index contributed by atoms with van der Waals surface area (Å²) in [5.74, 6) is 1.12. The van der Waals surface area contributed by atoms with Gasteiger partial charge in [0.05, 0.1) is 29.5 Å². The van der Waals surface area contributed by atoms with Gasteiger partial charge in [-0.25, -0.2) is 4.98 Å². The van der Waals surface area contributed by atoms with Gasteiger partial charge in [0.15, 0.2) is 0 Å². The van der Waals surface area contributed by atoms with Crippen molar-refractivity contribution in [1.29, 1.82) is 0 Å². The van der Waals surface area contributed by atoms with Crippen molar-refractivity contribution in [2.24, 2.45) is 0 Å². The van der Waals surface area contributed by atoms with Crippen LogP contribution in [0.3, 0.4) is 0 Å². The zero-order chi connectivity index (χ0) is 14.5. The number of carbonyl (C=O) groups is 1. The molecule has 3 aromatic rings. The molecule has 0 saturated carbocycles. The van der Waals surface area contributed by atoms with Crippen LogP contribution in [0, 0.1) is 0 Å². The number of imidazole rings is 1. The third-order valence-corrected chi connectivity index (χ3v) is 3.91. The summed E-state index contributed by atoms with van der Waals surface area (Å²) in [5.41, 5.74) is 1.73. The Morgan fingerprint density at radius 3 is 2.90 bits per heavy atom. The van der Waals surface area contributed by atoms with E-state index in [-0.39, 0.29) is 5.91 Å². The molecule has 0 saturated heterocycles. The van der Waals surface area contributed by atoms with Gasteiger partial charge in [0, 0.05) is 11.1 Å². The van der Waals surface area contributed by atoms with Crippen LogP contribution in [-0.2, 0) is 11.3 Å². The fourth-order valence-electron chi connectivity index (χ4n) is 1.89. The monoisotopic (exact) mass is 298 g/mol. The highest BCUT2D eigenvalue weighted by atomic mass is 32.2. The summed E-state index contributed by atoms with van der Waals surface area (Å²) in [6.45, 7) is 0.392. The molecule has 0 unspecified atom stereocenters. The first-order chi connectivity index (χ1) is 10.3. The first-order valence-electron chi connectivity index (χ1n) is 6.54. The van der Waals surface area contributed by atoms with Gasteiger partial charge in [0.1, 0.15) is 5.82 Å². The van der Waals surface area contributed by atoms with Gasteiger partial charge >= 0.3 is 0 Å². The quantitative estimate of drug-likeness (QED) is 0.709. The maximum atomic E-state index is 11.8. The van der Waals surface area contributed by atoms with Crippen molar-refractivity contribution in [3.63, 3.8) is 0 Å². The van der Waals surface area contributed by atoms with E-state index in [1.54, 1.807) is 12.4 Å². The van der Waals surface area contributed by atoms with Gasteiger partial charge in [-0.3, -0.25) is 9.78 Å². The van der Waals surface area contributed by atoms with Crippen LogP contribution in [0.5, 0.6) is 0 Å². The summed E-state index contributed by atoms with van der Waals surface area (Å²) >= 11 is 1.52. The normalized spacial score (nSPS) is 10.7. The lowest BCUT2D eigenvalue weighted by Gasteiger charge is -2.03. The van der Waals surface area contributed by atoms with E-state index < -0.39 is 0 Å². The van der Waals surface area contributed by atoms with E-state index in [2.05, 4.69) is 20.3 Å². The second-order valence-corrected chi connectivity index (χ2v) is 5.50. The Labute approximate surface area is 126 Å². The molecule has 3 rings (SSSR count). The molecule has 0 radical (unpaired) electrons. The number of pyridine rings is 1. The maximum Gasteiger partial charge on any atom is 0.230 e. The van der Waals surface area contributed by atoms with Crippen LogP contribution in [0.15, 0.2) is 53.7 Å². The molecule has 0 bridgehead atoms. The lowest BCUT2D eigenvalue weighted by atomic mass is 10.4. The molecule has 0 aliphatic carbocycles. The topological polar surface area (TPSA) is 70.7 Å².